The van der Waals surface area contributed by atoms with Crippen molar-refractivity contribution in [1.82, 2.24) is 5.32 Å². The first kappa shape index (κ1) is 12.4. The predicted molar refractivity (Wildman–Crippen MR) is 71.8 cm³/mol. The van der Waals surface area contributed by atoms with Crippen LogP contribution in [0.1, 0.15) is 12.8 Å². The van der Waals surface area contributed by atoms with E-state index in [9.17, 15) is 4.79 Å². The van der Waals surface area contributed by atoms with Crippen molar-refractivity contribution in [2.24, 2.45) is 5.73 Å². The van der Waals surface area contributed by atoms with E-state index in [2.05, 4.69) is 26.6 Å². The number of carbonyl (C=O) groups excluding carboxylic acids is 1. The molecule has 1 aliphatic rings. The van der Waals surface area contributed by atoms with Gasteiger partial charge in [0.05, 0.1) is 0 Å². The third-order valence-electron chi connectivity index (χ3n) is 3.18. The van der Waals surface area contributed by atoms with E-state index in [-0.39, 0.29) is 5.91 Å². The third kappa shape index (κ3) is 2.61. The monoisotopic (exact) mass is 297 g/mol. The van der Waals surface area contributed by atoms with Gasteiger partial charge in [0.2, 0.25) is 5.91 Å². The number of halogens is 1. The van der Waals surface area contributed by atoms with Gasteiger partial charge in [0.15, 0.2) is 0 Å². The first-order chi connectivity index (χ1) is 8.14. The quantitative estimate of drug-likeness (QED) is 0.791. The molecular weight excluding hydrogens is 282 g/mol. The van der Waals surface area contributed by atoms with Gasteiger partial charge in [-0.3, -0.25) is 4.79 Å². The molecule has 1 amide bonds. The van der Waals surface area contributed by atoms with Gasteiger partial charge >= 0.3 is 0 Å². The highest BCUT2D eigenvalue weighted by atomic mass is 79.9. The molecule has 4 nitrogen and oxygen atoms in total. The molecule has 0 atom stereocenters. The van der Waals surface area contributed by atoms with E-state index in [1.54, 1.807) is 0 Å². The molecule has 0 saturated carbocycles. The highest BCUT2D eigenvalue weighted by Crippen LogP contribution is 2.29. The summed E-state index contributed by atoms with van der Waals surface area (Å²) < 4.78 is 0.944. The zero-order chi connectivity index (χ0) is 12.3. The molecule has 1 heterocycles. The van der Waals surface area contributed by atoms with Crippen LogP contribution in [0.2, 0.25) is 0 Å². The number of rotatable bonds is 3. The fraction of sp³-hybridized carbons (Fsp3) is 0.417. The SMILES string of the molecule is NC(=O)C1(Nc2ccccc2Br)CCNCC1. The minimum absolute atomic E-state index is 0.283. The molecule has 4 N–H and O–H groups in total. The lowest BCUT2D eigenvalue weighted by Crippen LogP contribution is -2.56. The lowest BCUT2D eigenvalue weighted by atomic mass is 9.87. The fourth-order valence-electron chi connectivity index (χ4n) is 2.11. The molecule has 1 aromatic carbocycles. The number of hydrogen-bond donors (Lipinski definition) is 3. The summed E-state index contributed by atoms with van der Waals surface area (Å²) in [6, 6.07) is 7.76. The highest BCUT2D eigenvalue weighted by molar-refractivity contribution is 9.10. The zero-order valence-corrected chi connectivity index (χ0v) is 11.1. The van der Waals surface area contributed by atoms with E-state index in [0.29, 0.717) is 12.8 Å². The van der Waals surface area contributed by atoms with Crippen LogP contribution in [0.4, 0.5) is 5.69 Å². The van der Waals surface area contributed by atoms with E-state index >= 15 is 0 Å². The van der Waals surface area contributed by atoms with Gasteiger partial charge < -0.3 is 16.4 Å². The first-order valence-electron chi connectivity index (χ1n) is 5.67. The van der Waals surface area contributed by atoms with Crippen molar-refractivity contribution in [3.05, 3.63) is 28.7 Å². The van der Waals surface area contributed by atoms with Gasteiger partial charge in [-0.1, -0.05) is 12.1 Å². The zero-order valence-electron chi connectivity index (χ0n) is 9.50. The van der Waals surface area contributed by atoms with Crippen LogP contribution >= 0.6 is 15.9 Å². The van der Waals surface area contributed by atoms with Crippen molar-refractivity contribution in [2.75, 3.05) is 18.4 Å². The van der Waals surface area contributed by atoms with Gasteiger partial charge in [0.25, 0.3) is 0 Å². The molecule has 0 radical (unpaired) electrons. The molecule has 1 saturated heterocycles. The Morgan fingerprint density at radius 1 is 1.35 bits per heavy atom. The number of para-hydroxylation sites is 1. The largest absolute Gasteiger partial charge is 0.370 e. The predicted octanol–water partition coefficient (Wildman–Crippen LogP) is 1.47. The molecule has 1 aromatic rings. The Hall–Kier alpha value is -1.07. The lowest BCUT2D eigenvalue weighted by molar-refractivity contribution is -0.123. The van der Waals surface area contributed by atoms with E-state index in [0.717, 1.165) is 23.2 Å². The molecule has 0 bridgehead atoms. The average Bonchev–Trinajstić information content (AvgIpc) is 2.33. The second-order valence-electron chi connectivity index (χ2n) is 4.30. The first-order valence-corrected chi connectivity index (χ1v) is 6.47. The minimum atomic E-state index is -0.630. The molecule has 1 aliphatic heterocycles. The van der Waals surface area contributed by atoms with Gasteiger partial charge in [-0.25, -0.2) is 0 Å². The topological polar surface area (TPSA) is 67.2 Å². The van der Waals surface area contributed by atoms with Crippen molar-refractivity contribution in [3.8, 4) is 0 Å². The molecule has 0 spiro atoms. The number of piperidine rings is 1. The van der Waals surface area contributed by atoms with Gasteiger partial charge in [0, 0.05) is 10.2 Å². The molecular formula is C12H16BrN3O. The Bertz CT molecular complexity index is 416. The number of primary amides is 1. The van der Waals surface area contributed by atoms with Crippen LogP contribution in [0.25, 0.3) is 0 Å². The Morgan fingerprint density at radius 2 is 2.00 bits per heavy atom. The van der Waals surface area contributed by atoms with Crippen molar-refractivity contribution in [2.45, 2.75) is 18.4 Å². The number of nitrogens with two attached hydrogens (primary N) is 1. The molecule has 0 aromatic heterocycles. The lowest BCUT2D eigenvalue weighted by Gasteiger charge is -2.36. The second kappa shape index (κ2) is 5.06. The number of carbonyl (C=O) groups is 1. The summed E-state index contributed by atoms with van der Waals surface area (Å²) in [5.74, 6) is -0.283. The molecule has 0 unspecified atom stereocenters. The van der Waals surface area contributed by atoms with Crippen molar-refractivity contribution < 1.29 is 4.79 Å². The van der Waals surface area contributed by atoms with Crippen LogP contribution in [-0.4, -0.2) is 24.5 Å². The molecule has 2 rings (SSSR count). The summed E-state index contributed by atoms with van der Waals surface area (Å²) in [5, 5.41) is 6.54. The van der Waals surface area contributed by atoms with Crippen molar-refractivity contribution >= 4 is 27.5 Å². The van der Waals surface area contributed by atoms with E-state index in [1.807, 2.05) is 24.3 Å². The Labute approximate surface area is 109 Å². The smallest absolute Gasteiger partial charge is 0.243 e. The second-order valence-corrected chi connectivity index (χ2v) is 5.16. The maximum atomic E-state index is 11.7. The molecule has 17 heavy (non-hydrogen) atoms. The summed E-state index contributed by atoms with van der Waals surface area (Å²) in [5.41, 5.74) is 5.84. The normalized spacial score (nSPS) is 18.6. The summed E-state index contributed by atoms with van der Waals surface area (Å²) in [4.78, 5) is 11.7. The third-order valence-corrected chi connectivity index (χ3v) is 3.87. The number of hydrogen-bond acceptors (Lipinski definition) is 3. The van der Waals surface area contributed by atoms with E-state index in [4.69, 9.17) is 5.73 Å². The maximum absolute atomic E-state index is 11.7. The highest BCUT2D eigenvalue weighted by Gasteiger charge is 2.37. The summed E-state index contributed by atoms with van der Waals surface area (Å²) >= 11 is 3.47. The number of anilines is 1. The van der Waals surface area contributed by atoms with Crippen molar-refractivity contribution in [1.29, 1.82) is 0 Å². The van der Waals surface area contributed by atoms with E-state index < -0.39 is 5.54 Å². The Balaban J connectivity index is 2.24. The Morgan fingerprint density at radius 3 is 2.59 bits per heavy atom. The van der Waals surface area contributed by atoms with Crippen LogP contribution in [0.3, 0.4) is 0 Å². The molecule has 0 aliphatic carbocycles. The molecule has 1 fully saturated rings. The average molecular weight is 298 g/mol. The van der Waals surface area contributed by atoms with Crippen LogP contribution in [0, 0.1) is 0 Å². The maximum Gasteiger partial charge on any atom is 0.243 e. The number of benzene rings is 1. The number of amides is 1. The summed E-state index contributed by atoms with van der Waals surface area (Å²) in [7, 11) is 0. The summed E-state index contributed by atoms with van der Waals surface area (Å²) in [6.07, 6.45) is 1.42. The van der Waals surface area contributed by atoms with Crippen LogP contribution in [0.5, 0.6) is 0 Å². The van der Waals surface area contributed by atoms with Gasteiger partial charge in [0.1, 0.15) is 5.54 Å². The summed E-state index contributed by atoms with van der Waals surface area (Å²) in [6.45, 7) is 1.61. The van der Waals surface area contributed by atoms with Gasteiger partial charge in [-0.15, -0.1) is 0 Å². The van der Waals surface area contributed by atoms with Crippen LogP contribution < -0.4 is 16.4 Å². The van der Waals surface area contributed by atoms with Crippen LogP contribution in [-0.2, 0) is 4.79 Å². The standard InChI is InChI=1S/C12H16BrN3O/c13-9-3-1-2-4-10(9)16-12(11(14)17)5-7-15-8-6-12/h1-4,15-16H,5-8H2,(H2,14,17). The van der Waals surface area contributed by atoms with E-state index in [1.165, 1.54) is 0 Å². The Kier molecular flexibility index (Phi) is 3.69. The van der Waals surface area contributed by atoms with Crippen molar-refractivity contribution in [3.63, 3.8) is 0 Å². The fourth-order valence-corrected chi connectivity index (χ4v) is 2.49. The van der Waals surface area contributed by atoms with Crippen LogP contribution in [0.15, 0.2) is 28.7 Å². The minimum Gasteiger partial charge on any atom is -0.370 e. The van der Waals surface area contributed by atoms with Gasteiger partial charge in [-0.05, 0) is 54.0 Å². The van der Waals surface area contributed by atoms with Gasteiger partial charge in [-0.2, -0.15) is 0 Å². The molecule has 5 heteroatoms. The number of nitrogens with one attached hydrogen (secondary N) is 2. The molecule has 92 valence electrons.